The molecule has 5 nitrogen and oxygen atoms in total. The fourth-order valence-corrected chi connectivity index (χ4v) is 4.41. The van der Waals surface area contributed by atoms with Gasteiger partial charge in [0, 0.05) is 25.2 Å². The van der Waals surface area contributed by atoms with Gasteiger partial charge in [0.25, 0.3) is 0 Å². The molecule has 1 aromatic carbocycles. The topological polar surface area (TPSA) is 57.6 Å². The smallest absolute Gasteiger partial charge is 0.128 e. The maximum Gasteiger partial charge on any atom is 0.128 e. The van der Waals surface area contributed by atoms with Gasteiger partial charge in [-0.2, -0.15) is 0 Å². The quantitative estimate of drug-likeness (QED) is 0.822. The van der Waals surface area contributed by atoms with Crippen LogP contribution in [0.3, 0.4) is 0 Å². The zero-order valence-corrected chi connectivity index (χ0v) is 15.7. The van der Waals surface area contributed by atoms with E-state index in [1.54, 1.807) is 0 Å². The van der Waals surface area contributed by atoms with Gasteiger partial charge < -0.3 is 15.2 Å². The number of rotatable bonds is 6. The number of aromatic nitrogens is 1. The molecule has 0 unspecified atom stereocenters. The van der Waals surface area contributed by atoms with Crippen molar-refractivity contribution < 1.29 is 9.84 Å². The summed E-state index contributed by atoms with van der Waals surface area (Å²) < 4.78 is 6.16. The Balaban J connectivity index is 1.47. The molecule has 2 N–H and O–H groups in total. The van der Waals surface area contributed by atoms with Crippen molar-refractivity contribution in [3.05, 3.63) is 60.4 Å². The number of nitrogens with one attached hydrogen (secondary N) is 1. The summed E-state index contributed by atoms with van der Waals surface area (Å²) >= 11 is 0. The summed E-state index contributed by atoms with van der Waals surface area (Å²) in [6.07, 6.45) is 5.63. The molecule has 4 rings (SSSR count). The summed E-state index contributed by atoms with van der Waals surface area (Å²) in [5.74, 6) is 0.823. The molecule has 1 aliphatic carbocycles. The number of aliphatic hydroxyl groups is 1. The van der Waals surface area contributed by atoms with Crippen LogP contribution < -0.4 is 10.1 Å². The molecule has 1 aliphatic heterocycles. The van der Waals surface area contributed by atoms with Gasteiger partial charge in [-0.15, -0.1) is 0 Å². The average molecular weight is 367 g/mol. The van der Waals surface area contributed by atoms with Crippen molar-refractivity contribution in [1.82, 2.24) is 15.2 Å². The van der Waals surface area contributed by atoms with Crippen molar-refractivity contribution in [3.63, 3.8) is 0 Å². The van der Waals surface area contributed by atoms with Gasteiger partial charge in [0.15, 0.2) is 0 Å². The highest BCUT2D eigenvalue weighted by atomic mass is 16.5. The van der Waals surface area contributed by atoms with E-state index in [-0.39, 0.29) is 18.2 Å². The number of para-hydroxylation sites is 1. The second kappa shape index (κ2) is 8.83. The van der Waals surface area contributed by atoms with E-state index in [1.807, 2.05) is 54.7 Å². The molecule has 5 heteroatoms. The summed E-state index contributed by atoms with van der Waals surface area (Å²) in [7, 11) is 0. The van der Waals surface area contributed by atoms with E-state index in [0.29, 0.717) is 6.54 Å². The van der Waals surface area contributed by atoms with Crippen LogP contribution in [0.15, 0.2) is 54.7 Å². The molecule has 2 fully saturated rings. The van der Waals surface area contributed by atoms with Gasteiger partial charge in [0.1, 0.15) is 18.0 Å². The van der Waals surface area contributed by atoms with Gasteiger partial charge in [0.05, 0.1) is 11.7 Å². The molecular weight excluding hydrogens is 338 g/mol. The van der Waals surface area contributed by atoms with Gasteiger partial charge in [-0.05, 0) is 50.2 Å². The molecule has 4 atom stereocenters. The molecule has 0 amide bonds. The molecule has 2 aliphatic rings. The highest BCUT2D eigenvalue weighted by molar-refractivity contribution is 5.22. The summed E-state index contributed by atoms with van der Waals surface area (Å²) in [5, 5.41) is 14.8. The summed E-state index contributed by atoms with van der Waals surface area (Å²) in [6.45, 7) is 2.82. The van der Waals surface area contributed by atoms with E-state index in [0.717, 1.165) is 31.0 Å². The van der Waals surface area contributed by atoms with Gasteiger partial charge in [-0.3, -0.25) is 9.88 Å². The molecular formula is C22H29N3O2. The van der Waals surface area contributed by atoms with E-state index >= 15 is 0 Å². The number of likely N-dealkylation sites (tertiary alicyclic amines) is 1. The summed E-state index contributed by atoms with van der Waals surface area (Å²) in [4.78, 5) is 6.87. The van der Waals surface area contributed by atoms with Crippen LogP contribution in [0.4, 0.5) is 0 Å². The minimum Gasteiger partial charge on any atom is -0.488 e. The molecule has 2 heterocycles. The van der Waals surface area contributed by atoms with Gasteiger partial charge in [0.2, 0.25) is 0 Å². The van der Waals surface area contributed by atoms with Crippen molar-refractivity contribution in [3.8, 4) is 5.75 Å². The largest absolute Gasteiger partial charge is 0.488 e. The Labute approximate surface area is 161 Å². The predicted octanol–water partition coefficient (Wildman–Crippen LogP) is 2.61. The van der Waals surface area contributed by atoms with Crippen LogP contribution >= 0.6 is 0 Å². The van der Waals surface area contributed by atoms with E-state index in [9.17, 15) is 5.11 Å². The molecule has 1 aromatic heterocycles. The lowest BCUT2D eigenvalue weighted by Crippen LogP contribution is -2.53. The van der Waals surface area contributed by atoms with Gasteiger partial charge in [-0.25, -0.2) is 0 Å². The third kappa shape index (κ3) is 4.49. The Morgan fingerprint density at radius 1 is 1.04 bits per heavy atom. The highest BCUT2D eigenvalue weighted by Crippen LogP contribution is 2.31. The summed E-state index contributed by atoms with van der Waals surface area (Å²) in [6, 6.07) is 16.1. The first-order chi connectivity index (χ1) is 13.3. The lowest BCUT2D eigenvalue weighted by Gasteiger charge is -2.37. The average Bonchev–Trinajstić information content (AvgIpc) is 3.04. The third-order valence-corrected chi connectivity index (χ3v) is 5.74. The van der Waals surface area contributed by atoms with Crippen molar-refractivity contribution in [1.29, 1.82) is 0 Å². The predicted molar refractivity (Wildman–Crippen MR) is 106 cm³/mol. The Morgan fingerprint density at radius 2 is 1.81 bits per heavy atom. The number of aliphatic hydroxyl groups excluding tert-OH is 1. The van der Waals surface area contributed by atoms with Gasteiger partial charge >= 0.3 is 0 Å². The SMILES string of the molecule is O[C@@H]1[C@@H](N2CCCCC2)[C@H](NCc2ccccn2)C[C@H]1Oc1ccccc1. The van der Waals surface area contributed by atoms with Crippen molar-refractivity contribution in [2.45, 2.75) is 56.5 Å². The number of benzene rings is 1. The first-order valence-corrected chi connectivity index (χ1v) is 10.1. The number of pyridine rings is 1. The molecule has 0 radical (unpaired) electrons. The highest BCUT2D eigenvalue weighted by Gasteiger charge is 2.46. The first kappa shape index (κ1) is 18.4. The van der Waals surface area contributed by atoms with Crippen LogP contribution in [0.1, 0.15) is 31.4 Å². The van der Waals surface area contributed by atoms with Crippen LogP contribution in [-0.4, -0.2) is 52.4 Å². The number of nitrogens with zero attached hydrogens (tertiary/aromatic N) is 2. The van der Waals surface area contributed by atoms with Crippen molar-refractivity contribution >= 4 is 0 Å². The maximum absolute atomic E-state index is 11.1. The minimum absolute atomic E-state index is 0.0859. The number of hydrogen-bond donors (Lipinski definition) is 2. The normalized spacial score (nSPS) is 28.9. The molecule has 1 saturated heterocycles. The van der Waals surface area contributed by atoms with Crippen molar-refractivity contribution in [2.24, 2.45) is 0 Å². The first-order valence-electron chi connectivity index (χ1n) is 10.1. The Kier molecular flexibility index (Phi) is 6.02. The Hall–Kier alpha value is -1.95. The number of piperidine rings is 1. The second-order valence-electron chi connectivity index (χ2n) is 7.59. The number of hydrogen-bond acceptors (Lipinski definition) is 5. The zero-order valence-electron chi connectivity index (χ0n) is 15.7. The second-order valence-corrected chi connectivity index (χ2v) is 7.59. The summed E-state index contributed by atoms with van der Waals surface area (Å²) in [5.41, 5.74) is 1.02. The van der Waals surface area contributed by atoms with Crippen molar-refractivity contribution in [2.75, 3.05) is 13.1 Å². The van der Waals surface area contributed by atoms with Crippen LogP contribution in [0.2, 0.25) is 0 Å². The Bertz CT molecular complexity index is 691. The molecule has 0 bridgehead atoms. The fraction of sp³-hybridized carbons (Fsp3) is 0.500. The van der Waals surface area contributed by atoms with Gasteiger partial charge in [-0.1, -0.05) is 30.7 Å². The maximum atomic E-state index is 11.1. The van der Waals surface area contributed by atoms with E-state index < -0.39 is 6.10 Å². The molecule has 2 aromatic rings. The lowest BCUT2D eigenvalue weighted by atomic mass is 10.0. The zero-order chi connectivity index (χ0) is 18.5. The van der Waals surface area contributed by atoms with E-state index in [1.165, 1.54) is 19.3 Å². The van der Waals surface area contributed by atoms with Crippen LogP contribution in [0.5, 0.6) is 5.75 Å². The van der Waals surface area contributed by atoms with Crippen LogP contribution in [-0.2, 0) is 6.54 Å². The fourth-order valence-electron chi connectivity index (χ4n) is 4.41. The Morgan fingerprint density at radius 3 is 2.56 bits per heavy atom. The number of ether oxygens (including phenoxy) is 1. The van der Waals surface area contributed by atoms with Crippen LogP contribution in [0.25, 0.3) is 0 Å². The standard InChI is InChI=1S/C22H29N3O2/c26-22-20(27-18-10-3-1-4-11-18)15-19(21(22)25-13-7-2-8-14-25)24-16-17-9-5-6-12-23-17/h1,3-6,9-12,19-22,24,26H,2,7-8,13-16H2/t19-,20-,21+,22+/m1/s1. The minimum atomic E-state index is -0.496. The van der Waals surface area contributed by atoms with E-state index in [2.05, 4.69) is 15.2 Å². The monoisotopic (exact) mass is 367 g/mol. The molecule has 1 saturated carbocycles. The third-order valence-electron chi connectivity index (χ3n) is 5.74. The molecule has 144 valence electrons. The molecule has 0 spiro atoms. The molecule has 27 heavy (non-hydrogen) atoms. The lowest BCUT2D eigenvalue weighted by molar-refractivity contribution is 0.00121. The van der Waals surface area contributed by atoms with Crippen LogP contribution in [0, 0.1) is 0 Å². The van der Waals surface area contributed by atoms with E-state index in [4.69, 9.17) is 4.74 Å².